The summed E-state index contributed by atoms with van der Waals surface area (Å²) in [5.74, 6) is 0.483. The number of amides is 1. The molecule has 25 heavy (non-hydrogen) atoms. The molecule has 130 valence electrons. The monoisotopic (exact) mass is 338 g/mol. The molecule has 0 saturated carbocycles. The van der Waals surface area contributed by atoms with Crippen LogP contribution in [0.15, 0.2) is 48.5 Å². The van der Waals surface area contributed by atoms with Crippen LogP contribution in [-0.2, 0) is 6.42 Å². The number of rotatable bonds is 4. The molecule has 0 N–H and O–H groups in total. The zero-order valence-electron chi connectivity index (χ0n) is 14.4. The fourth-order valence-electron chi connectivity index (χ4n) is 3.51. The predicted molar refractivity (Wildman–Crippen MR) is 96.6 cm³/mol. The maximum absolute atomic E-state index is 12.8. The number of nitro benzene ring substituents is 1. The number of carbonyl (C=O) groups is 1. The van der Waals surface area contributed by atoms with E-state index in [2.05, 4.69) is 24.3 Å². The third-order valence-electron chi connectivity index (χ3n) is 5.00. The van der Waals surface area contributed by atoms with Gasteiger partial charge in [-0.2, -0.15) is 0 Å². The summed E-state index contributed by atoms with van der Waals surface area (Å²) >= 11 is 0. The molecule has 0 unspecified atom stereocenters. The van der Waals surface area contributed by atoms with Crippen molar-refractivity contribution in [2.75, 3.05) is 13.1 Å². The minimum Gasteiger partial charge on any atom is -0.339 e. The van der Waals surface area contributed by atoms with Crippen molar-refractivity contribution < 1.29 is 9.72 Å². The molecule has 2 aromatic rings. The van der Waals surface area contributed by atoms with Crippen LogP contribution in [0.5, 0.6) is 0 Å². The van der Waals surface area contributed by atoms with Crippen LogP contribution in [0.3, 0.4) is 0 Å². The first-order valence-electron chi connectivity index (χ1n) is 8.63. The largest absolute Gasteiger partial charge is 0.339 e. The smallest absolute Gasteiger partial charge is 0.273 e. The Balaban J connectivity index is 1.64. The molecule has 3 rings (SSSR count). The summed E-state index contributed by atoms with van der Waals surface area (Å²) in [6.07, 6.45) is 2.97. The molecule has 1 fully saturated rings. The number of likely N-dealkylation sites (tertiary alicyclic amines) is 1. The lowest BCUT2D eigenvalue weighted by molar-refractivity contribution is -0.385. The minimum atomic E-state index is -0.432. The van der Waals surface area contributed by atoms with Gasteiger partial charge in [-0.3, -0.25) is 14.9 Å². The molecule has 0 spiro atoms. The zero-order chi connectivity index (χ0) is 17.8. The molecular formula is C20H22N2O3. The lowest BCUT2D eigenvalue weighted by atomic mass is 9.90. The van der Waals surface area contributed by atoms with Crippen LogP contribution in [0.1, 0.15) is 34.3 Å². The Kier molecular flexibility index (Phi) is 5.12. The van der Waals surface area contributed by atoms with E-state index in [4.69, 9.17) is 0 Å². The number of nitrogens with zero attached hydrogens (tertiary/aromatic N) is 2. The van der Waals surface area contributed by atoms with Crippen LogP contribution in [0.2, 0.25) is 0 Å². The first-order valence-corrected chi connectivity index (χ1v) is 8.63. The highest BCUT2D eigenvalue weighted by Crippen LogP contribution is 2.26. The molecule has 5 heteroatoms. The molecule has 1 aliphatic rings. The van der Waals surface area contributed by atoms with Crippen molar-refractivity contribution in [3.8, 4) is 0 Å². The lowest BCUT2D eigenvalue weighted by Gasteiger charge is -2.32. The van der Waals surface area contributed by atoms with E-state index in [9.17, 15) is 14.9 Å². The summed E-state index contributed by atoms with van der Waals surface area (Å²) < 4.78 is 0. The van der Waals surface area contributed by atoms with Crippen molar-refractivity contribution >= 4 is 11.6 Å². The highest BCUT2D eigenvalue weighted by atomic mass is 16.6. The Labute approximate surface area is 147 Å². The van der Waals surface area contributed by atoms with Crippen molar-refractivity contribution in [3.63, 3.8) is 0 Å². The van der Waals surface area contributed by atoms with Gasteiger partial charge in [-0.05, 0) is 43.7 Å². The van der Waals surface area contributed by atoms with Crippen LogP contribution in [0.25, 0.3) is 0 Å². The van der Waals surface area contributed by atoms with Crippen molar-refractivity contribution in [3.05, 3.63) is 75.3 Å². The van der Waals surface area contributed by atoms with Crippen LogP contribution in [0, 0.1) is 23.0 Å². The third-order valence-corrected chi connectivity index (χ3v) is 5.00. The van der Waals surface area contributed by atoms with Gasteiger partial charge >= 0.3 is 0 Å². The molecular weight excluding hydrogens is 316 g/mol. The fourth-order valence-corrected chi connectivity index (χ4v) is 3.51. The topological polar surface area (TPSA) is 63.5 Å². The molecule has 5 nitrogen and oxygen atoms in total. The van der Waals surface area contributed by atoms with Gasteiger partial charge in [0.15, 0.2) is 0 Å². The van der Waals surface area contributed by atoms with Gasteiger partial charge in [0, 0.05) is 30.3 Å². The first-order chi connectivity index (χ1) is 12.1. The summed E-state index contributed by atoms with van der Waals surface area (Å²) in [5, 5.41) is 11.1. The van der Waals surface area contributed by atoms with Crippen LogP contribution < -0.4 is 0 Å². The fraction of sp³-hybridized carbons (Fsp3) is 0.350. The first kappa shape index (κ1) is 17.1. The summed E-state index contributed by atoms with van der Waals surface area (Å²) in [4.78, 5) is 25.2. The molecule has 0 aromatic heterocycles. The minimum absolute atomic E-state index is 0.00446. The second-order valence-electron chi connectivity index (χ2n) is 6.63. The van der Waals surface area contributed by atoms with Gasteiger partial charge in [0.25, 0.3) is 11.6 Å². The number of nitro groups is 1. The van der Waals surface area contributed by atoms with E-state index in [0.29, 0.717) is 30.1 Å². The lowest BCUT2D eigenvalue weighted by Crippen LogP contribution is -2.39. The molecule has 1 amide bonds. The molecule has 0 radical (unpaired) electrons. The number of benzene rings is 2. The Morgan fingerprint density at radius 2 is 1.80 bits per heavy atom. The number of hydrogen-bond donors (Lipinski definition) is 0. The van der Waals surface area contributed by atoms with Gasteiger partial charge in [-0.15, -0.1) is 0 Å². The highest BCUT2D eigenvalue weighted by molar-refractivity contribution is 5.96. The maximum atomic E-state index is 12.8. The summed E-state index contributed by atoms with van der Waals surface area (Å²) in [6, 6.07) is 15.1. The molecule has 0 aliphatic carbocycles. The van der Waals surface area contributed by atoms with Gasteiger partial charge < -0.3 is 4.90 Å². The third kappa shape index (κ3) is 3.87. The van der Waals surface area contributed by atoms with E-state index in [1.165, 1.54) is 11.6 Å². The van der Waals surface area contributed by atoms with E-state index in [-0.39, 0.29) is 11.6 Å². The van der Waals surface area contributed by atoms with Crippen molar-refractivity contribution in [1.82, 2.24) is 4.90 Å². The van der Waals surface area contributed by atoms with E-state index in [1.54, 1.807) is 19.1 Å². The maximum Gasteiger partial charge on any atom is 0.273 e. The quantitative estimate of drug-likeness (QED) is 0.625. The second kappa shape index (κ2) is 7.47. The SMILES string of the molecule is Cc1c(C(=O)N2CCC(Cc3ccccc3)CC2)cccc1[N+](=O)[O-]. The van der Waals surface area contributed by atoms with Crippen molar-refractivity contribution in [1.29, 1.82) is 0 Å². The summed E-state index contributed by atoms with van der Waals surface area (Å²) in [5.41, 5.74) is 2.23. The van der Waals surface area contributed by atoms with E-state index >= 15 is 0 Å². The van der Waals surface area contributed by atoms with Gasteiger partial charge in [-0.1, -0.05) is 36.4 Å². The summed E-state index contributed by atoms with van der Waals surface area (Å²) in [7, 11) is 0. The van der Waals surface area contributed by atoms with Crippen molar-refractivity contribution in [2.45, 2.75) is 26.2 Å². The molecule has 1 aliphatic heterocycles. The molecule has 1 saturated heterocycles. The Morgan fingerprint density at radius 1 is 1.12 bits per heavy atom. The van der Waals surface area contributed by atoms with Gasteiger partial charge in [0.2, 0.25) is 0 Å². The molecule has 0 bridgehead atoms. The van der Waals surface area contributed by atoms with Gasteiger partial charge in [0.1, 0.15) is 0 Å². The van der Waals surface area contributed by atoms with Crippen LogP contribution >= 0.6 is 0 Å². The molecule has 0 atom stereocenters. The number of piperidine rings is 1. The van der Waals surface area contributed by atoms with E-state index < -0.39 is 4.92 Å². The Morgan fingerprint density at radius 3 is 2.44 bits per heavy atom. The average Bonchev–Trinajstić information content (AvgIpc) is 2.62. The van der Waals surface area contributed by atoms with E-state index in [1.807, 2.05) is 11.0 Å². The number of carbonyl (C=O) groups excluding carboxylic acids is 1. The van der Waals surface area contributed by atoms with Gasteiger partial charge in [0.05, 0.1) is 4.92 Å². The summed E-state index contributed by atoms with van der Waals surface area (Å²) in [6.45, 7) is 3.06. The van der Waals surface area contributed by atoms with Crippen LogP contribution in [-0.4, -0.2) is 28.8 Å². The van der Waals surface area contributed by atoms with Gasteiger partial charge in [-0.25, -0.2) is 0 Å². The van der Waals surface area contributed by atoms with Crippen LogP contribution in [0.4, 0.5) is 5.69 Å². The normalized spacial score (nSPS) is 15.2. The van der Waals surface area contributed by atoms with E-state index in [0.717, 1.165) is 19.3 Å². The highest BCUT2D eigenvalue weighted by Gasteiger charge is 2.26. The molecule has 1 heterocycles. The Hall–Kier alpha value is -2.69. The second-order valence-corrected chi connectivity index (χ2v) is 6.63. The standard InChI is InChI=1S/C20H22N2O3/c1-15-18(8-5-9-19(15)22(24)25)20(23)21-12-10-17(11-13-21)14-16-6-3-2-4-7-16/h2-9,17H,10-14H2,1H3. The molecule has 2 aromatic carbocycles. The zero-order valence-corrected chi connectivity index (χ0v) is 14.4. The average molecular weight is 338 g/mol. The van der Waals surface area contributed by atoms with Crippen molar-refractivity contribution in [2.24, 2.45) is 5.92 Å². The predicted octanol–water partition coefficient (Wildman–Crippen LogP) is 4.00. The Bertz CT molecular complexity index is 766. The number of hydrogen-bond acceptors (Lipinski definition) is 3.